The lowest BCUT2D eigenvalue weighted by Gasteiger charge is -2.22. The van der Waals surface area contributed by atoms with Gasteiger partial charge < -0.3 is 19.5 Å². The Hall–Kier alpha value is -1.84. The summed E-state index contributed by atoms with van der Waals surface area (Å²) in [4.78, 5) is 12.0. The largest absolute Gasteiger partial charge is 0.497 e. The zero-order valence-electron chi connectivity index (χ0n) is 15.1. The van der Waals surface area contributed by atoms with Gasteiger partial charge in [-0.05, 0) is 37.1 Å². The van der Waals surface area contributed by atoms with Crippen LogP contribution in [0.4, 0.5) is 0 Å². The molecule has 1 unspecified atom stereocenters. The van der Waals surface area contributed by atoms with Gasteiger partial charge in [-0.2, -0.15) is 4.31 Å². The number of carbonyl (C=O) groups excluding carboxylic acids is 1. The van der Waals surface area contributed by atoms with Crippen LogP contribution in [0, 0.1) is 0 Å². The molecule has 0 radical (unpaired) electrons. The van der Waals surface area contributed by atoms with Crippen molar-refractivity contribution in [3.05, 3.63) is 24.3 Å². The normalized spacial score (nSPS) is 17.3. The summed E-state index contributed by atoms with van der Waals surface area (Å²) >= 11 is 0. The SMILES string of the molecule is COc1ccc(OCCNC(=O)CN(CC2CCCO2)S(C)(=O)=O)cc1. The van der Waals surface area contributed by atoms with Crippen LogP contribution >= 0.6 is 0 Å². The van der Waals surface area contributed by atoms with Gasteiger partial charge in [0, 0.05) is 13.2 Å². The van der Waals surface area contributed by atoms with Gasteiger partial charge in [-0.15, -0.1) is 0 Å². The van der Waals surface area contributed by atoms with Crippen molar-refractivity contribution in [2.45, 2.75) is 18.9 Å². The van der Waals surface area contributed by atoms with Gasteiger partial charge in [0.15, 0.2) is 0 Å². The van der Waals surface area contributed by atoms with Crippen LogP contribution in [-0.4, -0.2) is 70.9 Å². The summed E-state index contributed by atoms with van der Waals surface area (Å²) in [6, 6.07) is 7.10. The van der Waals surface area contributed by atoms with Crippen LogP contribution in [0.3, 0.4) is 0 Å². The minimum absolute atomic E-state index is 0.143. The van der Waals surface area contributed by atoms with E-state index >= 15 is 0 Å². The fourth-order valence-corrected chi connectivity index (χ4v) is 3.37. The number of hydrogen-bond donors (Lipinski definition) is 1. The molecular weight excluding hydrogens is 360 g/mol. The summed E-state index contributed by atoms with van der Waals surface area (Å²) in [6.45, 7) is 1.18. The zero-order valence-corrected chi connectivity index (χ0v) is 16.0. The highest BCUT2D eigenvalue weighted by Crippen LogP contribution is 2.17. The van der Waals surface area contributed by atoms with Crippen molar-refractivity contribution in [1.82, 2.24) is 9.62 Å². The maximum atomic E-state index is 12.0. The van der Waals surface area contributed by atoms with Crippen molar-refractivity contribution in [2.24, 2.45) is 0 Å². The van der Waals surface area contributed by atoms with Crippen LogP contribution in [0.15, 0.2) is 24.3 Å². The minimum atomic E-state index is -3.48. The monoisotopic (exact) mass is 386 g/mol. The maximum absolute atomic E-state index is 12.0. The van der Waals surface area contributed by atoms with Gasteiger partial charge in [-0.1, -0.05) is 0 Å². The van der Waals surface area contributed by atoms with E-state index in [2.05, 4.69) is 5.32 Å². The molecule has 146 valence electrons. The van der Waals surface area contributed by atoms with Crippen molar-refractivity contribution >= 4 is 15.9 Å². The van der Waals surface area contributed by atoms with E-state index in [1.54, 1.807) is 31.4 Å². The molecule has 1 N–H and O–H groups in total. The van der Waals surface area contributed by atoms with E-state index in [1.807, 2.05) is 0 Å². The fourth-order valence-electron chi connectivity index (χ4n) is 2.58. The van der Waals surface area contributed by atoms with E-state index in [0.717, 1.165) is 29.2 Å². The Morgan fingerprint density at radius 3 is 2.58 bits per heavy atom. The number of amides is 1. The van der Waals surface area contributed by atoms with Crippen molar-refractivity contribution < 1.29 is 27.4 Å². The Kier molecular flexibility index (Phi) is 7.67. The summed E-state index contributed by atoms with van der Waals surface area (Å²) in [6.07, 6.45) is 2.68. The molecule has 1 saturated heterocycles. The highest BCUT2D eigenvalue weighted by atomic mass is 32.2. The zero-order chi connectivity index (χ0) is 19.0. The molecule has 0 spiro atoms. The molecule has 1 aliphatic rings. The molecule has 1 aromatic rings. The second-order valence-corrected chi connectivity index (χ2v) is 8.05. The van der Waals surface area contributed by atoms with E-state index in [9.17, 15) is 13.2 Å². The van der Waals surface area contributed by atoms with Gasteiger partial charge in [0.1, 0.15) is 18.1 Å². The smallest absolute Gasteiger partial charge is 0.235 e. The Morgan fingerprint density at radius 2 is 2.00 bits per heavy atom. The lowest BCUT2D eigenvalue weighted by molar-refractivity contribution is -0.121. The molecule has 0 bridgehead atoms. The number of carbonyl (C=O) groups is 1. The fraction of sp³-hybridized carbons (Fsp3) is 0.588. The molecule has 0 aliphatic carbocycles. The number of nitrogens with zero attached hydrogens (tertiary/aromatic N) is 1. The third-order valence-electron chi connectivity index (χ3n) is 3.97. The van der Waals surface area contributed by atoms with Crippen LogP contribution < -0.4 is 14.8 Å². The van der Waals surface area contributed by atoms with Crippen LogP contribution in [0.2, 0.25) is 0 Å². The second-order valence-electron chi connectivity index (χ2n) is 6.06. The van der Waals surface area contributed by atoms with Crippen LogP contribution in [0.5, 0.6) is 11.5 Å². The topological polar surface area (TPSA) is 94.2 Å². The lowest BCUT2D eigenvalue weighted by atomic mass is 10.2. The van der Waals surface area contributed by atoms with Gasteiger partial charge in [0.2, 0.25) is 15.9 Å². The summed E-state index contributed by atoms with van der Waals surface area (Å²) in [5, 5.41) is 2.67. The third-order valence-corrected chi connectivity index (χ3v) is 5.19. The molecular formula is C17H26N2O6S. The van der Waals surface area contributed by atoms with Crippen molar-refractivity contribution in [2.75, 3.05) is 46.2 Å². The average Bonchev–Trinajstić information content (AvgIpc) is 3.11. The predicted octanol–water partition coefficient (Wildman–Crippen LogP) is 0.631. The number of sulfonamides is 1. The molecule has 26 heavy (non-hydrogen) atoms. The molecule has 1 aliphatic heterocycles. The number of rotatable bonds is 10. The van der Waals surface area contributed by atoms with Crippen molar-refractivity contribution in [3.63, 3.8) is 0 Å². The first-order chi connectivity index (χ1) is 12.4. The first-order valence-corrected chi connectivity index (χ1v) is 10.3. The molecule has 1 atom stereocenters. The Balaban J connectivity index is 1.72. The molecule has 0 aromatic heterocycles. The third kappa shape index (κ3) is 6.81. The van der Waals surface area contributed by atoms with E-state index in [1.165, 1.54) is 0 Å². The summed E-state index contributed by atoms with van der Waals surface area (Å²) < 4.78 is 40.9. The molecule has 1 amide bonds. The summed E-state index contributed by atoms with van der Waals surface area (Å²) in [5.41, 5.74) is 0. The molecule has 0 saturated carbocycles. The van der Waals surface area contributed by atoms with Gasteiger partial charge in [-0.25, -0.2) is 8.42 Å². The predicted molar refractivity (Wildman–Crippen MR) is 96.9 cm³/mol. The van der Waals surface area contributed by atoms with Crippen molar-refractivity contribution in [1.29, 1.82) is 0 Å². The van der Waals surface area contributed by atoms with Crippen molar-refractivity contribution in [3.8, 4) is 11.5 Å². The second kappa shape index (κ2) is 9.75. The summed E-state index contributed by atoms with van der Waals surface area (Å²) in [5.74, 6) is 1.03. The number of nitrogens with one attached hydrogen (secondary N) is 1. The lowest BCUT2D eigenvalue weighted by Crippen LogP contribution is -2.44. The molecule has 9 heteroatoms. The maximum Gasteiger partial charge on any atom is 0.235 e. The molecule has 2 rings (SSSR count). The number of ether oxygens (including phenoxy) is 3. The molecule has 1 fully saturated rings. The Labute approximate surface area is 154 Å². The average molecular weight is 386 g/mol. The molecule has 1 aromatic carbocycles. The van der Waals surface area contributed by atoms with Gasteiger partial charge in [-0.3, -0.25) is 4.79 Å². The Bertz CT molecular complexity index is 671. The van der Waals surface area contributed by atoms with Crippen LogP contribution in [0.1, 0.15) is 12.8 Å². The quantitative estimate of drug-likeness (QED) is 0.593. The highest BCUT2D eigenvalue weighted by molar-refractivity contribution is 7.88. The van der Waals surface area contributed by atoms with E-state index in [4.69, 9.17) is 14.2 Å². The minimum Gasteiger partial charge on any atom is -0.497 e. The Morgan fingerprint density at radius 1 is 1.31 bits per heavy atom. The molecule has 8 nitrogen and oxygen atoms in total. The first-order valence-electron chi connectivity index (χ1n) is 8.49. The van der Waals surface area contributed by atoms with Gasteiger partial charge in [0.05, 0.1) is 32.6 Å². The van der Waals surface area contributed by atoms with E-state index in [-0.39, 0.29) is 38.3 Å². The highest BCUT2D eigenvalue weighted by Gasteiger charge is 2.26. The number of methoxy groups -OCH3 is 1. The molecule has 1 heterocycles. The van der Waals surface area contributed by atoms with Gasteiger partial charge in [0.25, 0.3) is 0 Å². The van der Waals surface area contributed by atoms with E-state index < -0.39 is 10.0 Å². The first kappa shape index (κ1) is 20.5. The summed E-state index contributed by atoms with van der Waals surface area (Å²) in [7, 11) is -1.89. The standard InChI is InChI=1S/C17H26N2O6S/c1-23-14-5-7-15(8-6-14)25-11-9-18-17(20)13-19(26(2,21)22)12-16-4-3-10-24-16/h5-8,16H,3-4,9-13H2,1-2H3,(H,18,20). The van der Waals surface area contributed by atoms with E-state index in [0.29, 0.717) is 12.4 Å². The van der Waals surface area contributed by atoms with Crippen LogP contribution in [0.25, 0.3) is 0 Å². The number of hydrogen-bond acceptors (Lipinski definition) is 6. The van der Waals surface area contributed by atoms with Gasteiger partial charge >= 0.3 is 0 Å². The van der Waals surface area contributed by atoms with Crippen LogP contribution in [-0.2, 0) is 19.6 Å². The number of benzene rings is 1.